The van der Waals surface area contributed by atoms with Crippen LogP contribution < -0.4 is 10.6 Å². The number of anilines is 2. The number of halogens is 3. The Morgan fingerprint density at radius 3 is 2.52 bits per heavy atom. The fourth-order valence-corrected chi connectivity index (χ4v) is 3.58. The highest BCUT2D eigenvalue weighted by Gasteiger charge is 2.44. The molecular weight excluding hydrogens is 407 g/mol. The van der Waals surface area contributed by atoms with Gasteiger partial charge in [-0.15, -0.1) is 0 Å². The Labute approximate surface area is 180 Å². The van der Waals surface area contributed by atoms with Gasteiger partial charge in [-0.3, -0.25) is 4.79 Å². The van der Waals surface area contributed by atoms with Crippen molar-refractivity contribution in [1.82, 2.24) is 10.2 Å². The minimum absolute atomic E-state index is 0.0593. The molecule has 8 heteroatoms. The van der Waals surface area contributed by atoms with E-state index in [0.717, 1.165) is 37.1 Å². The first-order valence-corrected chi connectivity index (χ1v) is 10.5. The van der Waals surface area contributed by atoms with E-state index in [-0.39, 0.29) is 24.3 Å². The van der Waals surface area contributed by atoms with Crippen molar-refractivity contribution < 1.29 is 23.1 Å². The third-order valence-electron chi connectivity index (χ3n) is 5.45. The summed E-state index contributed by atoms with van der Waals surface area (Å²) in [5.74, 6) is -3.60. The summed E-state index contributed by atoms with van der Waals surface area (Å²) >= 11 is 0. The molecule has 0 unspecified atom stereocenters. The molecule has 168 valence electrons. The molecular formula is C23H28F3N3O2. The molecule has 0 bridgehead atoms. The topological polar surface area (TPSA) is 64.6 Å². The van der Waals surface area contributed by atoms with Crippen LogP contribution >= 0.6 is 0 Å². The lowest BCUT2D eigenvalue weighted by Crippen LogP contribution is -2.67. The van der Waals surface area contributed by atoms with Crippen molar-refractivity contribution >= 4 is 17.3 Å². The number of likely N-dealkylation sites (tertiary alicyclic amines) is 1. The third-order valence-corrected chi connectivity index (χ3v) is 5.45. The van der Waals surface area contributed by atoms with Crippen molar-refractivity contribution in [3.05, 3.63) is 58.9 Å². The number of aryl methyl sites for hydroxylation is 1. The van der Waals surface area contributed by atoms with Gasteiger partial charge in [-0.2, -0.15) is 0 Å². The molecule has 2 aromatic rings. The van der Waals surface area contributed by atoms with E-state index in [1.807, 2.05) is 6.92 Å². The van der Waals surface area contributed by atoms with E-state index in [0.29, 0.717) is 13.0 Å². The molecule has 0 atom stereocenters. The highest BCUT2D eigenvalue weighted by molar-refractivity contribution is 6.01. The number of benzene rings is 2. The molecule has 0 saturated carbocycles. The summed E-state index contributed by atoms with van der Waals surface area (Å²) in [5.41, 5.74) is -0.913. The molecule has 1 aliphatic rings. The van der Waals surface area contributed by atoms with Gasteiger partial charge in [-0.1, -0.05) is 26.3 Å². The second kappa shape index (κ2) is 9.70. The van der Waals surface area contributed by atoms with Gasteiger partial charge in [0.15, 0.2) is 11.6 Å². The molecule has 0 radical (unpaired) electrons. The zero-order valence-electron chi connectivity index (χ0n) is 17.8. The van der Waals surface area contributed by atoms with Gasteiger partial charge < -0.3 is 20.6 Å². The molecule has 2 aromatic carbocycles. The molecule has 3 N–H and O–H groups in total. The molecule has 0 aromatic heterocycles. The lowest BCUT2D eigenvalue weighted by Gasteiger charge is -2.46. The van der Waals surface area contributed by atoms with E-state index in [1.165, 1.54) is 17.0 Å². The third kappa shape index (κ3) is 5.19. The minimum Gasteiger partial charge on any atom is -0.385 e. The van der Waals surface area contributed by atoms with Crippen LogP contribution in [-0.4, -0.2) is 47.7 Å². The first-order chi connectivity index (χ1) is 14.8. The number of carbonyl (C=O) groups excluding carboxylic acids is 1. The monoisotopic (exact) mass is 435 g/mol. The second-order valence-electron chi connectivity index (χ2n) is 7.99. The van der Waals surface area contributed by atoms with E-state index in [2.05, 4.69) is 17.6 Å². The molecule has 1 heterocycles. The van der Waals surface area contributed by atoms with Crippen LogP contribution in [0.3, 0.4) is 0 Å². The molecule has 1 saturated heterocycles. The fraction of sp³-hybridized carbons (Fsp3) is 0.435. The van der Waals surface area contributed by atoms with Crippen molar-refractivity contribution in [1.29, 1.82) is 0 Å². The number of unbranched alkanes of at least 4 members (excludes halogenated alkanes) is 1. The maximum Gasteiger partial charge on any atom is 0.256 e. The zero-order valence-corrected chi connectivity index (χ0v) is 17.8. The van der Waals surface area contributed by atoms with Gasteiger partial charge in [0, 0.05) is 6.54 Å². The first-order valence-electron chi connectivity index (χ1n) is 10.5. The largest absolute Gasteiger partial charge is 0.385 e. The Bertz CT molecular complexity index is 946. The number of amides is 1. The number of β-amino-alcohol motifs (C(OH)–C–C–N with tert-alkyl or cyclic N) is 1. The van der Waals surface area contributed by atoms with Gasteiger partial charge in [0.2, 0.25) is 0 Å². The van der Waals surface area contributed by atoms with Crippen molar-refractivity contribution in [2.75, 3.05) is 31.5 Å². The van der Waals surface area contributed by atoms with Crippen LogP contribution in [-0.2, 0) is 6.42 Å². The Hall–Kier alpha value is -2.58. The number of hydrogen-bond donors (Lipinski definition) is 3. The lowest BCUT2D eigenvalue weighted by molar-refractivity contribution is -0.0784. The molecule has 5 nitrogen and oxygen atoms in total. The molecule has 0 spiro atoms. The maximum absolute atomic E-state index is 14.6. The smallest absolute Gasteiger partial charge is 0.256 e. The quantitative estimate of drug-likeness (QED) is 0.522. The van der Waals surface area contributed by atoms with E-state index in [1.54, 1.807) is 6.07 Å². The number of aliphatic hydroxyl groups is 1. The standard InChI is InChI=1S/C23H28F3N3O2/c1-3-5-10-27-12-23(31)13-29(14-23)22(30)16-7-8-17(24)20(26)21(16)28-19-9-6-15(4-2)11-18(19)25/h6-9,11,27-28,31H,3-5,10,12-14H2,1-2H3. The first kappa shape index (κ1) is 23.1. The average molecular weight is 435 g/mol. The summed E-state index contributed by atoms with van der Waals surface area (Å²) in [7, 11) is 0. The van der Waals surface area contributed by atoms with Gasteiger partial charge in [-0.25, -0.2) is 13.2 Å². The van der Waals surface area contributed by atoms with E-state index in [4.69, 9.17) is 0 Å². The highest BCUT2D eigenvalue weighted by atomic mass is 19.2. The van der Waals surface area contributed by atoms with Crippen LogP contribution in [0, 0.1) is 17.5 Å². The van der Waals surface area contributed by atoms with Crippen molar-refractivity contribution in [2.24, 2.45) is 0 Å². The lowest BCUT2D eigenvalue weighted by atomic mass is 9.92. The SMILES string of the molecule is CCCCNCC1(O)CN(C(=O)c2ccc(F)c(F)c2Nc2ccc(CC)cc2F)C1. The van der Waals surface area contributed by atoms with Gasteiger partial charge in [0.25, 0.3) is 5.91 Å². The predicted molar refractivity (Wildman–Crippen MR) is 114 cm³/mol. The van der Waals surface area contributed by atoms with Crippen molar-refractivity contribution in [3.63, 3.8) is 0 Å². The summed E-state index contributed by atoms with van der Waals surface area (Å²) in [6.07, 6.45) is 2.64. The van der Waals surface area contributed by atoms with Crippen molar-refractivity contribution in [2.45, 2.75) is 38.7 Å². The number of carbonyl (C=O) groups is 1. The van der Waals surface area contributed by atoms with E-state index >= 15 is 0 Å². The summed E-state index contributed by atoms with van der Waals surface area (Å²) in [4.78, 5) is 14.3. The van der Waals surface area contributed by atoms with Crippen molar-refractivity contribution in [3.8, 4) is 0 Å². The summed E-state index contributed by atoms with van der Waals surface area (Å²) in [6, 6.07) is 6.44. The highest BCUT2D eigenvalue weighted by Crippen LogP contribution is 2.31. The van der Waals surface area contributed by atoms with Crippen LogP contribution in [0.1, 0.15) is 42.6 Å². The van der Waals surface area contributed by atoms with Gasteiger partial charge in [0.1, 0.15) is 11.4 Å². The fourth-order valence-electron chi connectivity index (χ4n) is 3.58. The van der Waals surface area contributed by atoms with E-state index in [9.17, 15) is 23.1 Å². The van der Waals surface area contributed by atoms with Crippen LogP contribution in [0.2, 0.25) is 0 Å². The zero-order chi connectivity index (χ0) is 22.6. The normalized spacial score (nSPS) is 15.0. The van der Waals surface area contributed by atoms with Crippen LogP contribution in [0.25, 0.3) is 0 Å². The van der Waals surface area contributed by atoms with Crippen LogP contribution in [0.4, 0.5) is 24.5 Å². The molecule has 0 aliphatic carbocycles. The van der Waals surface area contributed by atoms with Gasteiger partial charge in [0.05, 0.1) is 30.0 Å². The number of nitrogens with zero attached hydrogens (tertiary/aromatic N) is 1. The minimum atomic E-state index is -1.26. The predicted octanol–water partition coefficient (Wildman–Crippen LogP) is 3.99. The van der Waals surface area contributed by atoms with E-state index < -0.39 is 34.6 Å². The molecule has 1 amide bonds. The molecule has 31 heavy (non-hydrogen) atoms. The average Bonchev–Trinajstić information content (AvgIpc) is 2.73. The van der Waals surface area contributed by atoms with Gasteiger partial charge >= 0.3 is 0 Å². The van der Waals surface area contributed by atoms with Gasteiger partial charge in [-0.05, 0) is 49.2 Å². The summed E-state index contributed by atoms with van der Waals surface area (Å²) < 4.78 is 42.8. The number of nitrogens with one attached hydrogen (secondary N) is 2. The summed E-state index contributed by atoms with van der Waals surface area (Å²) in [6.45, 7) is 5.20. The molecule has 1 fully saturated rings. The maximum atomic E-state index is 14.6. The van der Waals surface area contributed by atoms with Crippen LogP contribution in [0.5, 0.6) is 0 Å². The Balaban J connectivity index is 1.77. The van der Waals surface area contributed by atoms with Crippen LogP contribution in [0.15, 0.2) is 30.3 Å². The molecule has 1 aliphatic heterocycles. The Kier molecular flexibility index (Phi) is 7.23. The number of hydrogen-bond acceptors (Lipinski definition) is 4. The Morgan fingerprint density at radius 2 is 1.87 bits per heavy atom. The summed E-state index contributed by atoms with van der Waals surface area (Å²) in [5, 5.41) is 16.2. The number of rotatable bonds is 9. The second-order valence-corrected chi connectivity index (χ2v) is 7.99. The Morgan fingerprint density at radius 1 is 1.13 bits per heavy atom. The molecule has 3 rings (SSSR count).